The van der Waals surface area contributed by atoms with Gasteiger partial charge in [0.25, 0.3) is 0 Å². The van der Waals surface area contributed by atoms with Crippen molar-refractivity contribution in [1.29, 1.82) is 0 Å². The number of nitrogens with two attached hydrogens (primary N) is 4. The maximum atomic E-state index is 14.2. The average molecular weight is 896 g/mol. The average Bonchev–Trinajstić information content (AvgIpc) is 3.93. The smallest absolute Gasteiger partial charge is 0.326 e. The van der Waals surface area contributed by atoms with E-state index >= 15 is 0 Å². The summed E-state index contributed by atoms with van der Waals surface area (Å²) in [6.07, 6.45) is 2.49. The molecule has 0 radical (unpaired) electrons. The SMILES string of the molecule is CC(C)[C@H](NC(=O)[C@@H]1CCCN1C(=O)[C@H](CCC(=O)O)NC(=O)[C@@H](N)CCCCN)C(=O)N1CCC[C@H]1C(=O)N[C@@H](CCC(N)=O)C(=O)N[C@@H](C)C(=O)N[C@@H](CCCCN)C(=O)O. The standard InChI is InChI=1S/C40H69N11O12/c1-22(2)32(49-37(59)29-13-8-20-50(29)38(60)26(15-17-31(53)54)47-34(56)24(43)10-4-6-18-41)39(61)51-21-9-12-28(51)36(58)46-25(14-16-30(44)52)35(57)45-23(3)33(55)48-27(40(62)63)11-5-7-19-42/h22-29,32H,4-21,41-43H2,1-3H3,(H2,44,52)(H,45,57)(H,46,58)(H,47,56)(H,48,55)(H,49,59)(H,53,54)(H,62,63)/t23-,24-,25-,26-,27-,28-,29-,32-/m0/s1. The van der Waals surface area contributed by atoms with E-state index in [-0.39, 0.29) is 51.6 Å². The first-order chi connectivity index (χ1) is 29.7. The summed E-state index contributed by atoms with van der Waals surface area (Å²) in [4.78, 5) is 132. The van der Waals surface area contributed by atoms with E-state index in [0.717, 1.165) is 0 Å². The molecule has 2 saturated heterocycles. The summed E-state index contributed by atoms with van der Waals surface area (Å²) in [5.74, 6) is -8.76. The number of unbranched alkanes of at least 4 members (excludes halogenated alkanes) is 2. The Balaban J connectivity index is 2.20. The van der Waals surface area contributed by atoms with Gasteiger partial charge >= 0.3 is 11.9 Å². The minimum atomic E-state index is -1.39. The molecule has 23 nitrogen and oxygen atoms in total. The number of rotatable bonds is 28. The number of hydrogen-bond donors (Lipinski definition) is 11. The lowest BCUT2D eigenvalue weighted by Gasteiger charge is -2.33. The third-order valence-corrected chi connectivity index (χ3v) is 11.1. The summed E-state index contributed by atoms with van der Waals surface area (Å²) < 4.78 is 0. The van der Waals surface area contributed by atoms with Crippen molar-refractivity contribution in [1.82, 2.24) is 36.4 Å². The highest BCUT2D eigenvalue weighted by Gasteiger charge is 2.43. The highest BCUT2D eigenvalue weighted by Crippen LogP contribution is 2.24. The number of likely N-dealkylation sites (tertiary alicyclic amines) is 2. The van der Waals surface area contributed by atoms with Crippen LogP contribution in [0.25, 0.3) is 0 Å². The van der Waals surface area contributed by atoms with Crippen molar-refractivity contribution in [2.45, 2.75) is 159 Å². The van der Waals surface area contributed by atoms with Gasteiger partial charge in [0.2, 0.25) is 47.3 Å². The van der Waals surface area contributed by atoms with Gasteiger partial charge in [0.1, 0.15) is 42.3 Å². The Morgan fingerprint density at radius 2 is 1.13 bits per heavy atom. The molecule has 2 fully saturated rings. The molecule has 0 aromatic rings. The number of aliphatic carboxylic acids is 2. The first kappa shape index (κ1) is 53.7. The molecule has 0 aromatic heterocycles. The third kappa shape index (κ3) is 17.3. The van der Waals surface area contributed by atoms with Gasteiger partial charge in [-0.2, -0.15) is 0 Å². The molecule has 0 aromatic carbocycles. The second kappa shape index (κ2) is 26.9. The molecule has 2 heterocycles. The normalized spacial score (nSPS) is 18.9. The highest BCUT2D eigenvalue weighted by atomic mass is 16.4. The molecular weight excluding hydrogens is 827 g/mol. The number of carbonyl (C=O) groups is 10. The van der Waals surface area contributed by atoms with E-state index in [1.54, 1.807) is 13.8 Å². The lowest BCUT2D eigenvalue weighted by molar-refractivity contribution is -0.145. The van der Waals surface area contributed by atoms with E-state index < -0.39 is 120 Å². The Bertz CT molecular complexity index is 1630. The van der Waals surface area contributed by atoms with Crippen LogP contribution in [-0.4, -0.2) is 154 Å². The van der Waals surface area contributed by atoms with Gasteiger partial charge in [-0.05, 0) is 96.6 Å². The molecule has 15 N–H and O–H groups in total. The zero-order chi connectivity index (χ0) is 47.4. The molecule has 2 aliphatic rings. The molecule has 8 atom stereocenters. The van der Waals surface area contributed by atoms with Gasteiger partial charge in [0.15, 0.2) is 0 Å². The number of carbonyl (C=O) groups excluding carboxylic acids is 8. The first-order valence-corrected chi connectivity index (χ1v) is 21.7. The zero-order valence-corrected chi connectivity index (χ0v) is 36.6. The molecule has 0 unspecified atom stereocenters. The van der Waals surface area contributed by atoms with Crippen molar-refractivity contribution in [2.24, 2.45) is 28.9 Å². The maximum Gasteiger partial charge on any atom is 0.326 e. The van der Waals surface area contributed by atoms with Crippen molar-refractivity contribution in [2.75, 3.05) is 26.2 Å². The van der Waals surface area contributed by atoms with Gasteiger partial charge in [0.05, 0.1) is 6.04 Å². The zero-order valence-electron chi connectivity index (χ0n) is 36.6. The Morgan fingerprint density at radius 3 is 1.65 bits per heavy atom. The topological polar surface area (TPSA) is 382 Å². The summed E-state index contributed by atoms with van der Waals surface area (Å²) >= 11 is 0. The van der Waals surface area contributed by atoms with E-state index in [9.17, 15) is 58.2 Å². The van der Waals surface area contributed by atoms with Gasteiger partial charge in [0, 0.05) is 25.9 Å². The molecule has 356 valence electrons. The summed E-state index contributed by atoms with van der Waals surface area (Å²) in [7, 11) is 0. The van der Waals surface area contributed by atoms with Crippen LogP contribution in [0.15, 0.2) is 0 Å². The third-order valence-electron chi connectivity index (χ3n) is 11.1. The molecule has 2 rings (SSSR count). The second-order valence-corrected chi connectivity index (χ2v) is 16.5. The summed E-state index contributed by atoms with van der Waals surface area (Å²) in [5.41, 5.74) is 22.4. The van der Waals surface area contributed by atoms with Crippen LogP contribution in [-0.2, 0) is 47.9 Å². The Morgan fingerprint density at radius 1 is 0.603 bits per heavy atom. The summed E-state index contributed by atoms with van der Waals surface area (Å²) in [6, 6.07) is -9.47. The van der Waals surface area contributed by atoms with Crippen LogP contribution in [0.2, 0.25) is 0 Å². The fourth-order valence-electron chi connectivity index (χ4n) is 7.44. The summed E-state index contributed by atoms with van der Waals surface area (Å²) in [6.45, 7) is 5.67. The largest absolute Gasteiger partial charge is 0.481 e. The number of nitrogens with zero attached hydrogens (tertiary/aromatic N) is 2. The van der Waals surface area contributed by atoms with Gasteiger partial charge < -0.3 is 69.5 Å². The minimum Gasteiger partial charge on any atom is -0.481 e. The van der Waals surface area contributed by atoms with Crippen LogP contribution in [0, 0.1) is 5.92 Å². The quantitative estimate of drug-likeness (QED) is 0.0346. The Labute approximate surface area is 367 Å². The Kier molecular flexibility index (Phi) is 23.0. The van der Waals surface area contributed by atoms with Crippen LogP contribution < -0.4 is 49.5 Å². The molecule has 0 saturated carbocycles. The van der Waals surface area contributed by atoms with E-state index in [1.807, 2.05) is 0 Å². The first-order valence-electron chi connectivity index (χ1n) is 21.7. The van der Waals surface area contributed by atoms with Gasteiger partial charge in [-0.25, -0.2) is 4.79 Å². The van der Waals surface area contributed by atoms with Crippen molar-refractivity contribution >= 4 is 59.2 Å². The number of primary amides is 1. The Hall–Kier alpha value is -5.42. The van der Waals surface area contributed by atoms with E-state index in [1.165, 1.54) is 16.7 Å². The number of hydrogen-bond acceptors (Lipinski definition) is 13. The van der Waals surface area contributed by atoms with Crippen molar-refractivity contribution in [3.05, 3.63) is 0 Å². The molecule has 23 heteroatoms. The van der Waals surface area contributed by atoms with E-state index in [4.69, 9.17) is 22.9 Å². The maximum absolute atomic E-state index is 14.2. The lowest BCUT2D eigenvalue weighted by atomic mass is 10.0. The number of carboxylic acid groups (broad SMARTS) is 2. The van der Waals surface area contributed by atoms with E-state index in [2.05, 4.69) is 26.6 Å². The molecule has 0 aliphatic carbocycles. The molecule has 0 bridgehead atoms. The number of nitrogens with one attached hydrogen (secondary N) is 5. The molecule has 2 aliphatic heterocycles. The van der Waals surface area contributed by atoms with Crippen LogP contribution in [0.3, 0.4) is 0 Å². The van der Waals surface area contributed by atoms with Gasteiger partial charge in [-0.1, -0.05) is 20.3 Å². The van der Waals surface area contributed by atoms with Crippen molar-refractivity contribution < 1.29 is 58.2 Å². The molecule has 8 amide bonds. The van der Waals surface area contributed by atoms with Gasteiger partial charge in [-0.15, -0.1) is 0 Å². The molecular formula is C40H69N11O12. The van der Waals surface area contributed by atoms with Crippen LogP contribution in [0.4, 0.5) is 0 Å². The van der Waals surface area contributed by atoms with Crippen molar-refractivity contribution in [3.8, 4) is 0 Å². The number of carboxylic acids is 2. The summed E-state index contributed by atoms with van der Waals surface area (Å²) in [5, 5.41) is 31.6. The second-order valence-electron chi connectivity index (χ2n) is 16.5. The molecule has 0 spiro atoms. The molecule has 63 heavy (non-hydrogen) atoms. The lowest BCUT2D eigenvalue weighted by Crippen LogP contribution is -2.60. The van der Waals surface area contributed by atoms with Crippen molar-refractivity contribution in [3.63, 3.8) is 0 Å². The van der Waals surface area contributed by atoms with Gasteiger partial charge in [-0.3, -0.25) is 43.2 Å². The van der Waals surface area contributed by atoms with Crippen LogP contribution >= 0.6 is 0 Å². The predicted molar refractivity (Wildman–Crippen MR) is 226 cm³/mol. The van der Waals surface area contributed by atoms with Crippen LogP contribution in [0.5, 0.6) is 0 Å². The monoisotopic (exact) mass is 896 g/mol. The number of amides is 8. The predicted octanol–water partition coefficient (Wildman–Crippen LogP) is -3.13. The van der Waals surface area contributed by atoms with Crippen LogP contribution in [0.1, 0.15) is 111 Å². The fraction of sp³-hybridized carbons (Fsp3) is 0.750. The fourth-order valence-corrected chi connectivity index (χ4v) is 7.44. The van der Waals surface area contributed by atoms with E-state index in [0.29, 0.717) is 58.0 Å². The minimum absolute atomic E-state index is 0.108. The highest BCUT2D eigenvalue weighted by molar-refractivity contribution is 5.98.